The molecule has 19 heavy (non-hydrogen) atoms. The van der Waals surface area contributed by atoms with Crippen LogP contribution in [0.4, 0.5) is 36.8 Å². The van der Waals surface area contributed by atoms with E-state index in [2.05, 4.69) is 0 Å². The second-order valence-corrected chi connectivity index (χ2v) is 3.47. The number of benzene rings is 1. The van der Waals surface area contributed by atoms with E-state index in [1.807, 2.05) is 0 Å². The lowest BCUT2D eigenvalue weighted by atomic mass is 10.2. The van der Waals surface area contributed by atoms with Crippen LogP contribution in [-0.4, -0.2) is 29.6 Å². The molecule has 0 fully saturated rings. The lowest BCUT2D eigenvalue weighted by Gasteiger charge is -2.32. The maximum atomic E-state index is 12.5. The highest BCUT2D eigenvalue weighted by Gasteiger charge is 2.61. The van der Waals surface area contributed by atoms with Crippen LogP contribution in [0.5, 0.6) is 0 Å². The Morgan fingerprint density at radius 3 is 1.74 bits per heavy atom. The van der Waals surface area contributed by atoms with E-state index in [1.165, 1.54) is 6.07 Å². The SMILES string of the molecule is O=C(O)N(c1ccccc1)C(C(F)(F)F)C(F)(F)F. The van der Waals surface area contributed by atoms with Crippen molar-refractivity contribution in [3.8, 4) is 0 Å². The molecule has 0 saturated heterocycles. The summed E-state index contributed by atoms with van der Waals surface area (Å²) in [6, 6.07) is 1.18. The van der Waals surface area contributed by atoms with Crippen molar-refractivity contribution >= 4 is 11.8 Å². The van der Waals surface area contributed by atoms with E-state index in [4.69, 9.17) is 5.11 Å². The molecule has 0 aromatic heterocycles. The smallest absolute Gasteiger partial charge is 0.418 e. The van der Waals surface area contributed by atoms with Gasteiger partial charge in [-0.2, -0.15) is 26.3 Å². The van der Waals surface area contributed by atoms with E-state index < -0.39 is 35.1 Å². The van der Waals surface area contributed by atoms with Gasteiger partial charge in [-0.05, 0) is 12.1 Å². The molecule has 1 rings (SSSR count). The molecule has 0 heterocycles. The number of alkyl halides is 6. The average molecular weight is 287 g/mol. The highest BCUT2D eigenvalue weighted by Crippen LogP contribution is 2.39. The molecule has 0 aliphatic rings. The van der Waals surface area contributed by atoms with E-state index in [0.29, 0.717) is 0 Å². The molecule has 0 atom stereocenters. The number of amides is 1. The van der Waals surface area contributed by atoms with Crippen LogP contribution in [0.15, 0.2) is 30.3 Å². The summed E-state index contributed by atoms with van der Waals surface area (Å²) in [5.41, 5.74) is -0.713. The lowest BCUT2D eigenvalue weighted by molar-refractivity contribution is -0.248. The molecule has 106 valence electrons. The van der Waals surface area contributed by atoms with Crippen LogP contribution >= 0.6 is 0 Å². The van der Waals surface area contributed by atoms with E-state index in [1.54, 1.807) is 0 Å². The molecule has 1 aromatic carbocycles. The van der Waals surface area contributed by atoms with Gasteiger partial charge in [0, 0.05) is 5.69 Å². The monoisotopic (exact) mass is 287 g/mol. The molecule has 1 aromatic rings. The van der Waals surface area contributed by atoms with Gasteiger partial charge in [-0.15, -0.1) is 0 Å². The van der Waals surface area contributed by atoms with Crippen LogP contribution in [0.25, 0.3) is 0 Å². The van der Waals surface area contributed by atoms with Crippen molar-refractivity contribution in [2.45, 2.75) is 18.4 Å². The third-order valence-corrected chi connectivity index (χ3v) is 2.12. The molecule has 0 bridgehead atoms. The average Bonchev–Trinajstić information content (AvgIpc) is 2.23. The van der Waals surface area contributed by atoms with Gasteiger partial charge in [0.05, 0.1) is 0 Å². The van der Waals surface area contributed by atoms with Crippen LogP contribution in [0, 0.1) is 0 Å². The van der Waals surface area contributed by atoms with Crippen LogP contribution in [-0.2, 0) is 0 Å². The van der Waals surface area contributed by atoms with Crippen LogP contribution in [0.2, 0.25) is 0 Å². The summed E-state index contributed by atoms with van der Waals surface area (Å²) >= 11 is 0. The molecule has 0 unspecified atom stereocenters. The van der Waals surface area contributed by atoms with Crippen molar-refractivity contribution in [2.75, 3.05) is 4.90 Å². The first-order valence-corrected chi connectivity index (χ1v) is 4.76. The largest absolute Gasteiger partial charge is 0.465 e. The minimum atomic E-state index is -5.77. The number of hydrogen-bond acceptors (Lipinski definition) is 1. The number of hydrogen-bond donors (Lipinski definition) is 1. The molecule has 0 aliphatic carbocycles. The Balaban J connectivity index is 3.34. The molecule has 0 saturated carbocycles. The summed E-state index contributed by atoms with van der Waals surface area (Å²) in [6.45, 7) is 0. The second-order valence-electron chi connectivity index (χ2n) is 3.47. The molecule has 1 amide bonds. The zero-order valence-corrected chi connectivity index (χ0v) is 9.03. The van der Waals surface area contributed by atoms with E-state index in [0.717, 1.165) is 24.3 Å². The fourth-order valence-electron chi connectivity index (χ4n) is 1.44. The van der Waals surface area contributed by atoms with Gasteiger partial charge in [-0.1, -0.05) is 18.2 Å². The number of carbonyl (C=O) groups is 1. The maximum Gasteiger partial charge on any atom is 0.418 e. The Bertz CT molecular complexity index is 428. The van der Waals surface area contributed by atoms with Gasteiger partial charge in [0.2, 0.25) is 6.04 Å². The van der Waals surface area contributed by atoms with Crippen molar-refractivity contribution < 1.29 is 36.2 Å². The van der Waals surface area contributed by atoms with Crippen LogP contribution in [0.3, 0.4) is 0 Å². The Kier molecular flexibility index (Phi) is 3.97. The molecule has 1 N–H and O–H groups in total. The minimum Gasteiger partial charge on any atom is -0.465 e. The molecule has 0 aliphatic heterocycles. The quantitative estimate of drug-likeness (QED) is 0.843. The maximum absolute atomic E-state index is 12.5. The lowest BCUT2D eigenvalue weighted by Crippen LogP contribution is -2.57. The highest BCUT2D eigenvalue weighted by molar-refractivity contribution is 5.87. The predicted molar refractivity (Wildman–Crippen MR) is 52.8 cm³/mol. The van der Waals surface area contributed by atoms with E-state index >= 15 is 0 Å². The fourth-order valence-corrected chi connectivity index (χ4v) is 1.44. The molecular formula is C10H7F6NO2. The Labute approximate surface area is 103 Å². The number of halogens is 6. The van der Waals surface area contributed by atoms with Gasteiger partial charge >= 0.3 is 18.4 Å². The topological polar surface area (TPSA) is 40.5 Å². The highest BCUT2D eigenvalue weighted by atomic mass is 19.4. The Morgan fingerprint density at radius 1 is 1.00 bits per heavy atom. The first-order chi connectivity index (χ1) is 8.55. The number of anilines is 1. The zero-order valence-electron chi connectivity index (χ0n) is 9.03. The first-order valence-electron chi connectivity index (χ1n) is 4.76. The molecule has 9 heteroatoms. The predicted octanol–water partition coefficient (Wildman–Crippen LogP) is 3.66. The van der Waals surface area contributed by atoms with Gasteiger partial charge < -0.3 is 5.11 Å². The molecule has 0 radical (unpaired) electrons. The molecular weight excluding hydrogens is 280 g/mol. The number of nitrogens with zero attached hydrogens (tertiary/aromatic N) is 1. The molecule has 3 nitrogen and oxygen atoms in total. The fraction of sp³-hybridized carbons (Fsp3) is 0.300. The van der Waals surface area contributed by atoms with Gasteiger partial charge in [0.15, 0.2) is 0 Å². The third-order valence-electron chi connectivity index (χ3n) is 2.12. The zero-order chi connectivity index (χ0) is 14.8. The summed E-state index contributed by atoms with van der Waals surface area (Å²) in [5, 5.41) is 8.65. The van der Waals surface area contributed by atoms with Gasteiger partial charge in [0.25, 0.3) is 0 Å². The Morgan fingerprint density at radius 2 is 1.42 bits per heavy atom. The number of para-hydroxylation sites is 1. The summed E-state index contributed by atoms with van der Waals surface area (Å²) in [4.78, 5) is 10.0. The van der Waals surface area contributed by atoms with Gasteiger partial charge in [-0.3, -0.25) is 4.90 Å². The number of carboxylic acid groups (broad SMARTS) is 1. The van der Waals surface area contributed by atoms with Crippen molar-refractivity contribution in [3.05, 3.63) is 30.3 Å². The minimum absolute atomic E-state index is 0.713. The standard InChI is InChI=1S/C10H7F6NO2/c11-9(12,13)7(10(14,15)16)17(8(18)19)6-4-2-1-3-5-6/h1-5,7H,(H,18,19). The number of rotatable bonds is 2. The summed E-state index contributed by atoms with van der Waals surface area (Å²) in [6.07, 6.45) is -13.9. The summed E-state index contributed by atoms with van der Waals surface area (Å²) in [7, 11) is 0. The first kappa shape index (κ1) is 15.1. The van der Waals surface area contributed by atoms with Crippen LogP contribution < -0.4 is 4.90 Å². The van der Waals surface area contributed by atoms with Crippen molar-refractivity contribution in [1.82, 2.24) is 0 Å². The van der Waals surface area contributed by atoms with E-state index in [-0.39, 0.29) is 0 Å². The van der Waals surface area contributed by atoms with Gasteiger partial charge in [0.1, 0.15) is 0 Å². The second kappa shape index (κ2) is 4.98. The Hall–Kier alpha value is -1.93. The van der Waals surface area contributed by atoms with Crippen molar-refractivity contribution in [3.63, 3.8) is 0 Å². The van der Waals surface area contributed by atoms with Crippen molar-refractivity contribution in [2.24, 2.45) is 0 Å². The van der Waals surface area contributed by atoms with Crippen LogP contribution in [0.1, 0.15) is 0 Å². The summed E-state index contributed by atoms with van der Waals surface area (Å²) in [5.74, 6) is 0. The summed E-state index contributed by atoms with van der Waals surface area (Å²) < 4.78 is 74.9. The van der Waals surface area contributed by atoms with Crippen molar-refractivity contribution in [1.29, 1.82) is 0 Å². The van der Waals surface area contributed by atoms with E-state index in [9.17, 15) is 31.1 Å². The third kappa shape index (κ3) is 3.52. The molecule has 0 spiro atoms. The normalized spacial score (nSPS) is 12.6. The van der Waals surface area contributed by atoms with Gasteiger partial charge in [-0.25, -0.2) is 4.79 Å².